The maximum atomic E-state index is 12.1. The molecule has 0 aliphatic rings. The summed E-state index contributed by atoms with van der Waals surface area (Å²) >= 11 is 1.67. The smallest absolute Gasteiger partial charge is 0.185 e. The van der Waals surface area contributed by atoms with E-state index in [0.29, 0.717) is 5.56 Å². The molecule has 0 aliphatic carbocycles. The van der Waals surface area contributed by atoms with Crippen molar-refractivity contribution in [3.8, 4) is 0 Å². The Hall–Kier alpha value is -2.00. The highest BCUT2D eigenvalue weighted by Gasteiger charge is 2.02. The first-order chi connectivity index (χ1) is 10.1. The monoisotopic (exact) mass is 297 g/mol. The molecule has 2 aromatic rings. The SMILES string of the molecule is CSc1ccc(C(=O)/C=C/c2cccc(N(C)C)c2)cc1. The van der Waals surface area contributed by atoms with E-state index in [1.54, 1.807) is 17.8 Å². The fourth-order valence-corrected chi connectivity index (χ4v) is 2.34. The maximum Gasteiger partial charge on any atom is 0.185 e. The van der Waals surface area contributed by atoms with Crippen LogP contribution in [-0.2, 0) is 0 Å². The number of rotatable bonds is 5. The molecule has 21 heavy (non-hydrogen) atoms. The lowest BCUT2D eigenvalue weighted by molar-refractivity contribution is 0.104. The Bertz CT molecular complexity index is 645. The van der Waals surface area contributed by atoms with Gasteiger partial charge < -0.3 is 4.90 Å². The molecule has 2 aromatic carbocycles. The van der Waals surface area contributed by atoms with Gasteiger partial charge in [0.2, 0.25) is 0 Å². The maximum absolute atomic E-state index is 12.1. The van der Waals surface area contributed by atoms with Crippen molar-refractivity contribution in [3.63, 3.8) is 0 Å². The molecule has 0 aromatic heterocycles. The molecule has 0 aliphatic heterocycles. The second-order valence-corrected chi connectivity index (χ2v) is 5.80. The second-order valence-electron chi connectivity index (χ2n) is 4.92. The van der Waals surface area contributed by atoms with Gasteiger partial charge in [-0.05, 0) is 54.3 Å². The molecule has 108 valence electrons. The number of ketones is 1. The topological polar surface area (TPSA) is 20.3 Å². The number of nitrogens with zero attached hydrogens (tertiary/aromatic N) is 1. The van der Waals surface area contributed by atoms with Gasteiger partial charge in [-0.2, -0.15) is 0 Å². The molecule has 2 nitrogen and oxygen atoms in total. The Labute approximate surface area is 130 Å². The number of thioether (sulfide) groups is 1. The third-order valence-electron chi connectivity index (χ3n) is 3.19. The highest BCUT2D eigenvalue weighted by Crippen LogP contribution is 2.17. The zero-order valence-corrected chi connectivity index (χ0v) is 13.4. The first kappa shape index (κ1) is 15.4. The number of hydrogen-bond acceptors (Lipinski definition) is 3. The molecular weight excluding hydrogens is 278 g/mol. The lowest BCUT2D eigenvalue weighted by atomic mass is 10.1. The van der Waals surface area contributed by atoms with Crippen molar-refractivity contribution in [2.45, 2.75) is 4.90 Å². The summed E-state index contributed by atoms with van der Waals surface area (Å²) in [5.41, 5.74) is 2.86. The minimum atomic E-state index is 0.0258. The number of hydrogen-bond donors (Lipinski definition) is 0. The van der Waals surface area contributed by atoms with Gasteiger partial charge in [-0.3, -0.25) is 4.79 Å². The van der Waals surface area contributed by atoms with Crippen molar-refractivity contribution in [1.29, 1.82) is 0 Å². The van der Waals surface area contributed by atoms with Crippen LogP contribution in [0.1, 0.15) is 15.9 Å². The van der Waals surface area contributed by atoms with Crippen LogP contribution in [0.4, 0.5) is 5.69 Å². The van der Waals surface area contributed by atoms with Gasteiger partial charge in [-0.15, -0.1) is 11.8 Å². The number of carbonyl (C=O) groups is 1. The first-order valence-corrected chi connectivity index (χ1v) is 7.96. The van der Waals surface area contributed by atoms with E-state index >= 15 is 0 Å². The number of allylic oxidation sites excluding steroid dienone is 1. The fourth-order valence-electron chi connectivity index (χ4n) is 1.93. The molecule has 0 unspecified atom stereocenters. The van der Waals surface area contributed by atoms with Gasteiger partial charge in [0.15, 0.2) is 5.78 Å². The van der Waals surface area contributed by atoms with Gasteiger partial charge in [-0.25, -0.2) is 0 Å². The minimum absolute atomic E-state index is 0.0258. The summed E-state index contributed by atoms with van der Waals surface area (Å²) in [5.74, 6) is 0.0258. The van der Waals surface area contributed by atoms with E-state index in [1.165, 1.54) is 0 Å². The van der Waals surface area contributed by atoms with E-state index in [-0.39, 0.29) is 5.78 Å². The molecule has 3 heteroatoms. The minimum Gasteiger partial charge on any atom is -0.378 e. The van der Waals surface area contributed by atoms with E-state index in [1.807, 2.05) is 73.8 Å². The molecule has 0 saturated carbocycles. The summed E-state index contributed by atoms with van der Waals surface area (Å²) in [7, 11) is 4.00. The van der Waals surface area contributed by atoms with Crippen LogP contribution in [0.15, 0.2) is 59.5 Å². The number of benzene rings is 2. The summed E-state index contributed by atoms with van der Waals surface area (Å²) in [6.45, 7) is 0. The van der Waals surface area contributed by atoms with Gasteiger partial charge in [0.05, 0.1) is 0 Å². The van der Waals surface area contributed by atoms with E-state index < -0.39 is 0 Å². The number of anilines is 1. The molecule has 2 rings (SSSR count). The van der Waals surface area contributed by atoms with Crippen LogP contribution in [0, 0.1) is 0 Å². The van der Waals surface area contributed by atoms with Crippen LogP contribution in [-0.4, -0.2) is 26.1 Å². The standard InChI is InChI=1S/C18H19NOS/c1-19(2)16-6-4-5-14(13-16)7-12-18(20)15-8-10-17(21-3)11-9-15/h4-13H,1-3H3/b12-7+. The zero-order valence-electron chi connectivity index (χ0n) is 12.5. The first-order valence-electron chi connectivity index (χ1n) is 6.74. The van der Waals surface area contributed by atoms with Gasteiger partial charge >= 0.3 is 0 Å². The molecular formula is C18H19NOS. The molecule has 0 bridgehead atoms. The fraction of sp³-hybridized carbons (Fsp3) is 0.167. The highest BCUT2D eigenvalue weighted by atomic mass is 32.2. The van der Waals surface area contributed by atoms with Crippen LogP contribution in [0.3, 0.4) is 0 Å². The summed E-state index contributed by atoms with van der Waals surface area (Å²) < 4.78 is 0. The van der Waals surface area contributed by atoms with Gasteiger partial charge in [-0.1, -0.05) is 18.2 Å². The van der Waals surface area contributed by atoms with Crippen molar-refractivity contribution in [2.24, 2.45) is 0 Å². The van der Waals surface area contributed by atoms with Crippen LogP contribution < -0.4 is 4.90 Å². The Kier molecular flexibility index (Phi) is 5.23. The van der Waals surface area contributed by atoms with Crippen molar-refractivity contribution in [3.05, 3.63) is 65.7 Å². The quantitative estimate of drug-likeness (QED) is 0.464. The van der Waals surface area contributed by atoms with Crippen molar-refractivity contribution >= 4 is 29.3 Å². The molecule has 0 spiro atoms. The van der Waals surface area contributed by atoms with E-state index in [9.17, 15) is 4.79 Å². The molecule has 0 amide bonds. The average molecular weight is 297 g/mol. The molecule has 0 saturated heterocycles. The Morgan fingerprint density at radius 1 is 1.10 bits per heavy atom. The van der Waals surface area contributed by atoms with Crippen molar-refractivity contribution < 1.29 is 4.79 Å². The summed E-state index contributed by atoms with van der Waals surface area (Å²) in [4.78, 5) is 15.3. The third-order valence-corrected chi connectivity index (χ3v) is 3.93. The second kappa shape index (κ2) is 7.14. The van der Waals surface area contributed by atoms with Crippen LogP contribution in [0.5, 0.6) is 0 Å². The molecule has 0 heterocycles. The largest absolute Gasteiger partial charge is 0.378 e. The van der Waals surface area contributed by atoms with Gasteiger partial charge in [0.25, 0.3) is 0 Å². The zero-order chi connectivity index (χ0) is 15.2. The Morgan fingerprint density at radius 2 is 1.81 bits per heavy atom. The molecule has 0 fully saturated rings. The third kappa shape index (κ3) is 4.23. The Morgan fingerprint density at radius 3 is 2.43 bits per heavy atom. The Balaban J connectivity index is 2.12. The normalized spacial score (nSPS) is 10.8. The van der Waals surface area contributed by atoms with Crippen LogP contribution in [0.25, 0.3) is 6.08 Å². The molecule has 0 N–H and O–H groups in total. The summed E-state index contributed by atoms with van der Waals surface area (Å²) in [6.07, 6.45) is 5.51. The van der Waals surface area contributed by atoms with Gasteiger partial charge in [0.1, 0.15) is 0 Å². The van der Waals surface area contributed by atoms with E-state index in [4.69, 9.17) is 0 Å². The van der Waals surface area contributed by atoms with Crippen LogP contribution >= 0.6 is 11.8 Å². The van der Waals surface area contributed by atoms with E-state index in [0.717, 1.165) is 16.1 Å². The summed E-state index contributed by atoms with van der Waals surface area (Å²) in [5, 5.41) is 0. The molecule has 0 atom stereocenters. The average Bonchev–Trinajstić information content (AvgIpc) is 2.53. The lowest BCUT2D eigenvalue weighted by Gasteiger charge is -2.12. The van der Waals surface area contributed by atoms with Crippen molar-refractivity contribution in [1.82, 2.24) is 0 Å². The predicted octanol–water partition coefficient (Wildman–Crippen LogP) is 4.37. The van der Waals surface area contributed by atoms with E-state index in [2.05, 4.69) is 6.07 Å². The predicted molar refractivity (Wildman–Crippen MR) is 92.4 cm³/mol. The highest BCUT2D eigenvalue weighted by molar-refractivity contribution is 7.98. The number of carbonyl (C=O) groups excluding carboxylic acids is 1. The summed E-state index contributed by atoms with van der Waals surface area (Å²) in [6, 6.07) is 15.8. The molecule has 0 radical (unpaired) electrons. The van der Waals surface area contributed by atoms with Crippen LogP contribution in [0.2, 0.25) is 0 Å². The lowest BCUT2D eigenvalue weighted by Crippen LogP contribution is -2.08. The van der Waals surface area contributed by atoms with Gasteiger partial charge in [0, 0.05) is 30.2 Å². The van der Waals surface area contributed by atoms with Crippen molar-refractivity contribution in [2.75, 3.05) is 25.3 Å².